The summed E-state index contributed by atoms with van der Waals surface area (Å²) in [5.41, 5.74) is -0.786. The smallest absolute Gasteiger partial charge is 0.403 e. The molecule has 1 N–H and O–H groups in total. The summed E-state index contributed by atoms with van der Waals surface area (Å²) in [7, 11) is -0.245. The number of β-amino-alcohol motifs (C(OH)–C–C–N with tert-alkyl or cyclic N) is 1. The lowest BCUT2D eigenvalue weighted by Crippen LogP contribution is -2.62. The Kier molecular flexibility index (Phi) is 5.58. The molecule has 3 aliphatic heterocycles. The first-order valence-electron chi connectivity index (χ1n) is 10.2. The molecule has 1 unspecified atom stereocenters. The third kappa shape index (κ3) is 4.00. The predicted molar refractivity (Wildman–Crippen MR) is 106 cm³/mol. The van der Waals surface area contributed by atoms with Crippen LogP contribution in [-0.2, 0) is 9.31 Å². The van der Waals surface area contributed by atoms with Crippen molar-refractivity contribution in [2.24, 2.45) is 0 Å². The average Bonchev–Trinajstić information content (AvgIpc) is 3.11. The van der Waals surface area contributed by atoms with E-state index in [0.29, 0.717) is 26.2 Å². The summed E-state index contributed by atoms with van der Waals surface area (Å²) in [4.78, 5) is 19.2. The van der Waals surface area contributed by atoms with Gasteiger partial charge in [-0.2, -0.15) is 0 Å². The van der Waals surface area contributed by atoms with E-state index in [2.05, 4.69) is 46.4 Å². The van der Waals surface area contributed by atoms with Gasteiger partial charge in [-0.15, -0.1) is 0 Å². The lowest BCUT2D eigenvalue weighted by atomic mass is 9.71. The number of carbonyl (C=O) groups excluding carboxylic acids is 1. The zero-order valence-corrected chi connectivity index (χ0v) is 17.8. The van der Waals surface area contributed by atoms with Gasteiger partial charge in [0.25, 0.3) is 0 Å². The molecule has 8 heteroatoms. The highest BCUT2D eigenvalue weighted by molar-refractivity contribution is 6.47. The first-order valence-corrected chi connectivity index (χ1v) is 10.2. The standard InChI is InChI=1S/C19H36BN3O4/c1-17(2)14-22(9-10-23(17)11-12-24)16(25)21-8-7-15(13-21)20-26-18(3,4)19(5,6)27-20/h15,24H,7-14H2,1-6H3. The highest BCUT2D eigenvalue weighted by atomic mass is 16.7. The van der Waals surface area contributed by atoms with E-state index in [1.54, 1.807) is 0 Å². The molecule has 2 amide bonds. The Morgan fingerprint density at radius 2 is 1.67 bits per heavy atom. The number of hydrogen-bond acceptors (Lipinski definition) is 5. The molecule has 3 saturated heterocycles. The van der Waals surface area contributed by atoms with Crippen LogP contribution in [0.25, 0.3) is 0 Å². The van der Waals surface area contributed by atoms with Crippen molar-refractivity contribution in [3.8, 4) is 0 Å². The lowest BCUT2D eigenvalue weighted by Gasteiger charge is -2.47. The summed E-state index contributed by atoms with van der Waals surface area (Å²) in [6.07, 6.45) is 0.913. The van der Waals surface area contributed by atoms with Crippen molar-refractivity contribution in [1.29, 1.82) is 0 Å². The first kappa shape index (κ1) is 20.9. The van der Waals surface area contributed by atoms with E-state index in [1.807, 2.05) is 9.80 Å². The molecule has 0 aromatic rings. The van der Waals surface area contributed by atoms with Crippen molar-refractivity contribution >= 4 is 13.1 Å². The van der Waals surface area contributed by atoms with Crippen molar-refractivity contribution in [2.75, 3.05) is 45.9 Å². The van der Waals surface area contributed by atoms with E-state index >= 15 is 0 Å². The molecule has 0 aromatic carbocycles. The van der Waals surface area contributed by atoms with Gasteiger partial charge in [0.1, 0.15) is 0 Å². The monoisotopic (exact) mass is 381 g/mol. The number of carbonyl (C=O) groups is 1. The maximum atomic E-state index is 13.1. The molecule has 3 heterocycles. The number of hydrogen-bond donors (Lipinski definition) is 1. The summed E-state index contributed by atoms with van der Waals surface area (Å²) in [5, 5.41) is 9.25. The van der Waals surface area contributed by atoms with Crippen LogP contribution in [0.1, 0.15) is 48.0 Å². The molecule has 1 atom stereocenters. The van der Waals surface area contributed by atoms with E-state index in [-0.39, 0.29) is 42.3 Å². The fourth-order valence-electron chi connectivity index (χ4n) is 4.35. The van der Waals surface area contributed by atoms with Gasteiger partial charge in [-0.25, -0.2) is 4.79 Å². The zero-order chi connectivity index (χ0) is 20.0. The Balaban J connectivity index is 1.57. The largest absolute Gasteiger partial charge is 0.463 e. The Hall–Kier alpha value is -0.825. The number of amides is 2. The Bertz CT molecular complexity index is 553. The Labute approximate surface area is 164 Å². The van der Waals surface area contributed by atoms with Crippen molar-refractivity contribution < 1.29 is 19.2 Å². The minimum atomic E-state index is -0.331. The number of aliphatic hydroxyl groups is 1. The van der Waals surface area contributed by atoms with Crippen molar-refractivity contribution in [3.63, 3.8) is 0 Å². The zero-order valence-electron chi connectivity index (χ0n) is 17.8. The van der Waals surface area contributed by atoms with Crippen LogP contribution < -0.4 is 0 Å². The minimum absolute atomic E-state index is 0.116. The molecule has 27 heavy (non-hydrogen) atoms. The fraction of sp³-hybridized carbons (Fsp3) is 0.947. The first-order chi connectivity index (χ1) is 12.5. The molecule has 3 fully saturated rings. The maximum Gasteiger partial charge on any atom is 0.463 e. The second kappa shape index (κ2) is 7.21. The van der Waals surface area contributed by atoms with Crippen LogP contribution >= 0.6 is 0 Å². The van der Waals surface area contributed by atoms with Crippen molar-refractivity contribution in [2.45, 2.75) is 70.5 Å². The van der Waals surface area contributed by atoms with Gasteiger partial charge in [-0.1, -0.05) is 0 Å². The Morgan fingerprint density at radius 1 is 1.04 bits per heavy atom. The van der Waals surface area contributed by atoms with E-state index < -0.39 is 0 Å². The average molecular weight is 381 g/mol. The molecule has 0 spiro atoms. The number of nitrogens with zero attached hydrogens (tertiary/aromatic N) is 3. The summed E-state index contributed by atoms with van der Waals surface area (Å²) in [5.74, 6) is 0.221. The molecular formula is C19H36BN3O4. The second-order valence-corrected chi connectivity index (χ2v) is 9.85. The topological polar surface area (TPSA) is 65.5 Å². The van der Waals surface area contributed by atoms with Crippen molar-refractivity contribution in [1.82, 2.24) is 14.7 Å². The van der Waals surface area contributed by atoms with Crippen LogP contribution in [-0.4, -0.2) is 95.6 Å². The minimum Gasteiger partial charge on any atom is -0.403 e. The maximum absolute atomic E-state index is 13.1. The van der Waals surface area contributed by atoms with Crippen LogP contribution in [0.5, 0.6) is 0 Å². The van der Waals surface area contributed by atoms with Gasteiger partial charge in [-0.05, 0) is 48.0 Å². The van der Waals surface area contributed by atoms with Crippen LogP contribution in [0.3, 0.4) is 0 Å². The molecule has 0 bridgehead atoms. The molecular weight excluding hydrogens is 345 g/mol. The number of likely N-dealkylation sites (tertiary alicyclic amines) is 1. The van der Waals surface area contributed by atoms with Gasteiger partial charge in [0.2, 0.25) is 0 Å². The SMILES string of the molecule is CC1(C)CN(C(=O)N2CCC(B3OC(C)(C)C(C)(C)O3)C2)CCN1CCO. The number of aliphatic hydroxyl groups excluding tert-OH is 1. The normalized spacial score (nSPS) is 30.2. The lowest BCUT2D eigenvalue weighted by molar-refractivity contribution is 0.00578. The van der Waals surface area contributed by atoms with E-state index in [0.717, 1.165) is 19.5 Å². The molecule has 3 rings (SSSR count). The molecule has 0 saturated carbocycles. The third-order valence-corrected chi connectivity index (χ3v) is 6.87. The summed E-state index contributed by atoms with van der Waals surface area (Å²) in [6.45, 7) is 17.0. The van der Waals surface area contributed by atoms with Crippen LogP contribution in [0.2, 0.25) is 5.82 Å². The quantitative estimate of drug-likeness (QED) is 0.754. The number of piperazine rings is 1. The third-order valence-electron chi connectivity index (χ3n) is 6.87. The fourth-order valence-corrected chi connectivity index (χ4v) is 4.35. The van der Waals surface area contributed by atoms with Crippen LogP contribution in [0.15, 0.2) is 0 Å². The highest BCUT2D eigenvalue weighted by Gasteiger charge is 2.55. The van der Waals surface area contributed by atoms with Gasteiger partial charge in [-0.3, -0.25) is 4.90 Å². The molecule has 0 aliphatic carbocycles. The molecule has 7 nitrogen and oxygen atoms in total. The highest BCUT2D eigenvalue weighted by Crippen LogP contribution is 2.42. The van der Waals surface area contributed by atoms with Crippen LogP contribution in [0, 0.1) is 0 Å². The molecule has 0 aromatic heterocycles. The van der Waals surface area contributed by atoms with Gasteiger partial charge in [0.05, 0.1) is 17.8 Å². The van der Waals surface area contributed by atoms with Gasteiger partial charge < -0.3 is 24.2 Å². The summed E-state index contributed by atoms with van der Waals surface area (Å²) >= 11 is 0. The van der Waals surface area contributed by atoms with E-state index in [4.69, 9.17) is 9.31 Å². The summed E-state index contributed by atoms with van der Waals surface area (Å²) < 4.78 is 12.4. The van der Waals surface area contributed by atoms with E-state index in [9.17, 15) is 9.90 Å². The van der Waals surface area contributed by atoms with Gasteiger partial charge in [0, 0.05) is 50.6 Å². The number of rotatable bonds is 3. The van der Waals surface area contributed by atoms with Crippen LogP contribution in [0.4, 0.5) is 4.79 Å². The van der Waals surface area contributed by atoms with Gasteiger partial charge >= 0.3 is 13.1 Å². The Morgan fingerprint density at radius 3 is 2.22 bits per heavy atom. The second-order valence-electron chi connectivity index (χ2n) is 9.85. The van der Waals surface area contributed by atoms with Gasteiger partial charge in [0.15, 0.2) is 0 Å². The predicted octanol–water partition coefficient (Wildman–Crippen LogP) is 1.66. The van der Waals surface area contributed by atoms with Crippen molar-refractivity contribution in [3.05, 3.63) is 0 Å². The molecule has 154 valence electrons. The summed E-state index contributed by atoms with van der Waals surface area (Å²) in [6, 6.07) is 0.116. The molecule has 0 radical (unpaired) electrons. The van der Waals surface area contributed by atoms with E-state index in [1.165, 1.54) is 0 Å². The molecule has 3 aliphatic rings. The number of urea groups is 1.